The topological polar surface area (TPSA) is 58.4 Å². The van der Waals surface area contributed by atoms with E-state index in [0.29, 0.717) is 13.1 Å². The Balaban J connectivity index is 1.82. The van der Waals surface area contributed by atoms with Gasteiger partial charge < -0.3 is 11.1 Å². The number of hydrogen-bond acceptors (Lipinski definition) is 3. The van der Waals surface area contributed by atoms with Crippen molar-refractivity contribution in [1.82, 2.24) is 4.90 Å². The van der Waals surface area contributed by atoms with Crippen molar-refractivity contribution in [2.24, 2.45) is 11.7 Å². The molecule has 0 radical (unpaired) electrons. The van der Waals surface area contributed by atoms with E-state index in [2.05, 4.69) is 10.2 Å². The largest absolute Gasteiger partial charge is 0.326 e. The molecule has 1 saturated carbocycles. The minimum atomic E-state index is 0.0337. The van der Waals surface area contributed by atoms with Crippen LogP contribution in [0.15, 0.2) is 24.3 Å². The summed E-state index contributed by atoms with van der Waals surface area (Å²) in [7, 11) is 2.02. The highest BCUT2D eigenvalue weighted by atomic mass is 16.2. The lowest BCUT2D eigenvalue weighted by Crippen LogP contribution is -2.33. The Bertz CT molecular complexity index is 441. The van der Waals surface area contributed by atoms with E-state index in [9.17, 15) is 4.79 Å². The van der Waals surface area contributed by atoms with Crippen molar-refractivity contribution in [2.75, 3.05) is 25.5 Å². The molecule has 1 aromatic rings. The number of carbonyl (C=O) groups excluding carboxylic acids is 1. The molecule has 4 nitrogen and oxygen atoms in total. The van der Waals surface area contributed by atoms with Crippen LogP contribution in [0.2, 0.25) is 0 Å². The van der Waals surface area contributed by atoms with Gasteiger partial charge in [0.25, 0.3) is 0 Å². The summed E-state index contributed by atoms with van der Waals surface area (Å²) in [6.45, 7) is 1.90. The molecule has 4 heteroatoms. The zero-order chi connectivity index (χ0) is 14.4. The summed E-state index contributed by atoms with van der Waals surface area (Å²) in [5.74, 6) is 0.801. The van der Waals surface area contributed by atoms with Crippen LogP contribution in [0.3, 0.4) is 0 Å². The number of benzene rings is 1. The molecule has 2 rings (SSSR count). The number of nitrogens with zero attached hydrogens (tertiary/aromatic N) is 1. The van der Waals surface area contributed by atoms with Gasteiger partial charge in [-0.25, -0.2) is 0 Å². The molecule has 0 aromatic heterocycles. The molecule has 1 fully saturated rings. The number of anilines is 1. The molecular weight excluding hydrogens is 250 g/mol. The number of likely N-dealkylation sites (N-methyl/N-ethyl adjacent to an activating group) is 1. The van der Waals surface area contributed by atoms with E-state index in [1.165, 1.54) is 25.7 Å². The molecule has 1 aliphatic rings. The van der Waals surface area contributed by atoms with Crippen LogP contribution in [0.4, 0.5) is 5.69 Å². The van der Waals surface area contributed by atoms with E-state index in [1.807, 2.05) is 31.3 Å². The first-order valence-corrected chi connectivity index (χ1v) is 7.45. The molecule has 1 aromatic carbocycles. The quantitative estimate of drug-likeness (QED) is 0.837. The van der Waals surface area contributed by atoms with Gasteiger partial charge >= 0.3 is 0 Å². The first kappa shape index (κ1) is 15.0. The summed E-state index contributed by atoms with van der Waals surface area (Å²) in [6, 6.07) is 7.69. The molecule has 0 aliphatic heterocycles. The molecule has 0 heterocycles. The number of amides is 1. The minimum absolute atomic E-state index is 0.0337. The Kier molecular flexibility index (Phi) is 5.56. The highest BCUT2D eigenvalue weighted by Gasteiger charge is 2.18. The third kappa shape index (κ3) is 4.32. The zero-order valence-corrected chi connectivity index (χ0v) is 12.3. The fourth-order valence-corrected chi connectivity index (χ4v) is 2.95. The predicted octanol–water partition coefficient (Wildman–Crippen LogP) is 2.21. The maximum Gasteiger partial charge on any atom is 0.238 e. The van der Waals surface area contributed by atoms with Gasteiger partial charge in [0.15, 0.2) is 0 Å². The van der Waals surface area contributed by atoms with Gasteiger partial charge in [0.05, 0.1) is 6.54 Å². The lowest BCUT2D eigenvalue weighted by atomic mass is 10.1. The maximum absolute atomic E-state index is 12.1. The lowest BCUT2D eigenvalue weighted by molar-refractivity contribution is -0.117. The van der Waals surface area contributed by atoms with Crippen LogP contribution in [0.1, 0.15) is 31.2 Å². The van der Waals surface area contributed by atoms with E-state index >= 15 is 0 Å². The summed E-state index contributed by atoms with van der Waals surface area (Å²) in [6.07, 6.45) is 5.30. The summed E-state index contributed by atoms with van der Waals surface area (Å²) in [4.78, 5) is 14.2. The molecule has 110 valence electrons. The summed E-state index contributed by atoms with van der Waals surface area (Å²) in [5.41, 5.74) is 7.47. The van der Waals surface area contributed by atoms with Gasteiger partial charge in [0.1, 0.15) is 0 Å². The number of nitrogens with one attached hydrogen (secondary N) is 1. The number of nitrogens with two attached hydrogens (primary N) is 1. The Labute approximate surface area is 121 Å². The Morgan fingerprint density at radius 2 is 2.05 bits per heavy atom. The first-order chi connectivity index (χ1) is 9.69. The van der Waals surface area contributed by atoms with Crippen LogP contribution in [-0.2, 0) is 11.3 Å². The fraction of sp³-hybridized carbons (Fsp3) is 0.562. The van der Waals surface area contributed by atoms with E-state index in [0.717, 1.165) is 23.7 Å². The lowest BCUT2D eigenvalue weighted by Gasteiger charge is -2.20. The van der Waals surface area contributed by atoms with Crippen molar-refractivity contribution in [1.29, 1.82) is 0 Å². The van der Waals surface area contributed by atoms with Crippen molar-refractivity contribution in [3.05, 3.63) is 29.8 Å². The summed E-state index contributed by atoms with van der Waals surface area (Å²) >= 11 is 0. The fourth-order valence-electron chi connectivity index (χ4n) is 2.95. The summed E-state index contributed by atoms with van der Waals surface area (Å²) < 4.78 is 0. The molecule has 3 N–H and O–H groups in total. The van der Waals surface area contributed by atoms with Crippen LogP contribution < -0.4 is 11.1 Å². The molecular formula is C16H25N3O. The molecule has 1 aliphatic carbocycles. The van der Waals surface area contributed by atoms with E-state index in [1.54, 1.807) is 0 Å². The molecule has 0 saturated heterocycles. The normalized spacial score (nSPS) is 15.8. The van der Waals surface area contributed by atoms with Gasteiger partial charge in [-0.1, -0.05) is 31.0 Å². The van der Waals surface area contributed by atoms with Crippen molar-refractivity contribution >= 4 is 11.6 Å². The monoisotopic (exact) mass is 275 g/mol. The molecule has 20 heavy (non-hydrogen) atoms. The third-order valence-electron chi connectivity index (χ3n) is 3.97. The minimum Gasteiger partial charge on any atom is -0.326 e. The van der Waals surface area contributed by atoms with Crippen molar-refractivity contribution in [3.63, 3.8) is 0 Å². The number of hydrogen-bond donors (Lipinski definition) is 2. The Morgan fingerprint density at radius 1 is 1.35 bits per heavy atom. The van der Waals surface area contributed by atoms with E-state index in [-0.39, 0.29) is 5.91 Å². The standard InChI is InChI=1S/C16H25N3O/c1-19(11-13-6-2-3-7-13)12-16(20)18-15-9-5-4-8-14(15)10-17/h4-5,8-9,13H,2-3,6-7,10-12,17H2,1H3,(H,18,20). The van der Waals surface area contributed by atoms with Crippen molar-refractivity contribution < 1.29 is 4.79 Å². The molecule has 0 unspecified atom stereocenters. The molecule has 0 bridgehead atoms. The van der Waals surface area contributed by atoms with Gasteiger partial charge in [-0.2, -0.15) is 0 Å². The number of rotatable bonds is 6. The van der Waals surface area contributed by atoms with E-state index < -0.39 is 0 Å². The van der Waals surface area contributed by atoms with Crippen LogP contribution in [0.25, 0.3) is 0 Å². The second kappa shape index (κ2) is 7.41. The Morgan fingerprint density at radius 3 is 2.75 bits per heavy atom. The van der Waals surface area contributed by atoms with Gasteiger partial charge in [0.2, 0.25) is 5.91 Å². The molecule has 0 spiro atoms. The summed E-state index contributed by atoms with van der Waals surface area (Å²) in [5, 5.41) is 2.96. The first-order valence-electron chi connectivity index (χ1n) is 7.45. The number of para-hydroxylation sites is 1. The second-order valence-corrected chi connectivity index (χ2v) is 5.76. The van der Waals surface area contributed by atoms with Crippen LogP contribution in [0, 0.1) is 5.92 Å². The predicted molar refractivity (Wildman–Crippen MR) is 82.4 cm³/mol. The third-order valence-corrected chi connectivity index (χ3v) is 3.97. The Hall–Kier alpha value is -1.39. The highest BCUT2D eigenvalue weighted by molar-refractivity contribution is 5.92. The molecule has 0 atom stereocenters. The SMILES string of the molecule is CN(CC(=O)Nc1ccccc1CN)CC1CCCC1. The van der Waals surface area contributed by atoms with Gasteiger partial charge in [-0.3, -0.25) is 9.69 Å². The average Bonchev–Trinajstić information content (AvgIpc) is 2.91. The van der Waals surface area contributed by atoms with Gasteiger partial charge in [0, 0.05) is 18.8 Å². The molecule has 1 amide bonds. The van der Waals surface area contributed by atoms with Gasteiger partial charge in [-0.05, 0) is 37.4 Å². The van der Waals surface area contributed by atoms with Crippen molar-refractivity contribution in [2.45, 2.75) is 32.2 Å². The van der Waals surface area contributed by atoms with E-state index in [4.69, 9.17) is 5.73 Å². The van der Waals surface area contributed by atoms with Gasteiger partial charge in [-0.15, -0.1) is 0 Å². The second-order valence-electron chi connectivity index (χ2n) is 5.76. The zero-order valence-electron chi connectivity index (χ0n) is 12.3. The number of carbonyl (C=O) groups is 1. The highest BCUT2D eigenvalue weighted by Crippen LogP contribution is 2.25. The maximum atomic E-state index is 12.1. The van der Waals surface area contributed by atoms with Crippen molar-refractivity contribution in [3.8, 4) is 0 Å². The van der Waals surface area contributed by atoms with Crippen LogP contribution in [0.5, 0.6) is 0 Å². The smallest absolute Gasteiger partial charge is 0.238 e. The average molecular weight is 275 g/mol. The van der Waals surface area contributed by atoms with Crippen LogP contribution >= 0.6 is 0 Å². The van der Waals surface area contributed by atoms with Crippen LogP contribution in [-0.4, -0.2) is 30.9 Å².